The van der Waals surface area contributed by atoms with E-state index >= 15 is 0 Å². The van der Waals surface area contributed by atoms with Crippen molar-refractivity contribution in [2.75, 3.05) is 7.11 Å². The first kappa shape index (κ1) is 13.1. The van der Waals surface area contributed by atoms with Crippen LogP contribution in [0.15, 0.2) is 0 Å². The second kappa shape index (κ2) is 6.57. The van der Waals surface area contributed by atoms with Crippen molar-refractivity contribution in [2.45, 2.75) is 40.0 Å². The number of hydrogen-bond donors (Lipinski definition) is 0. The molecule has 0 aromatic rings. The second-order valence-electron chi connectivity index (χ2n) is 4.03. The molecular weight excluding hydrogens is 180 g/mol. The van der Waals surface area contributed by atoms with Crippen molar-refractivity contribution in [2.24, 2.45) is 11.8 Å². The minimum absolute atomic E-state index is 0.181. The third kappa shape index (κ3) is 5.73. The Kier molecular flexibility index (Phi) is 6.17. The highest BCUT2D eigenvalue weighted by atomic mass is 16.5. The first-order chi connectivity index (χ1) is 6.47. The highest BCUT2D eigenvalue weighted by molar-refractivity contribution is 5.75. The molecule has 0 aliphatic heterocycles. The van der Waals surface area contributed by atoms with Crippen LogP contribution in [0.5, 0.6) is 0 Å². The molecule has 0 saturated heterocycles. The molecule has 0 aromatic carbocycles. The summed E-state index contributed by atoms with van der Waals surface area (Å²) < 4.78 is 4.61. The van der Waals surface area contributed by atoms with Crippen molar-refractivity contribution in [3.05, 3.63) is 0 Å². The Morgan fingerprint density at radius 1 is 1.29 bits per heavy atom. The molecule has 0 N–H and O–H groups in total. The fourth-order valence-corrected chi connectivity index (χ4v) is 1.36. The van der Waals surface area contributed by atoms with Crippen LogP contribution in [0.3, 0.4) is 0 Å². The zero-order valence-electron chi connectivity index (χ0n) is 9.50. The van der Waals surface area contributed by atoms with Gasteiger partial charge in [-0.1, -0.05) is 13.8 Å². The SMILES string of the molecule is COC(=O)C[C@@H](CCC(C)=O)C(C)C. The Hall–Kier alpha value is -0.860. The highest BCUT2D eigenvalue weighted by Gasteiger charge is 2.18. The number of ether oxygens (including phenoxy) is 1. The van der Waals surface area contributed by atoms with Crippen molar-refractivity contribution < 1.29 is 14.3 Å². The van der Waals surface area contributed by atoms with E-state index in [-0.39, 0.29) is 17.7 Å². The standard InChI is InChI=1S/C11H20O3/c1-8(2)10(6-5-9(3)12)7-11(13)14-4/h8,10H,5-7H2,1-4H3/t10-/m1/s1. The van der Waals surface area contributed by atoms with Crippen LogP contribution in [0.25, 0.3) is 0 Å². The molecule has 14 heavy (non-hydrogen) atoms. The van der Waals surface area contributed by atoms with Crippen molar-refractivity contribution in [3.63, 3.8) is 0 Å². The van der Waals surface area contributed by atoms with E-state index in [2.05, 4.69) is 18.6 Å². The number of Topliss-reactive ketones (excluding diaryl/α,β-unsaturated/α-hetero) is 1. The monoisotopic (exact) mass is 200 g/mol. The summed E-state index contributed by atoms with van der Waals surface area (Å²) in [7, 11) is 1.39. The fourth-order valence-electron chi connectivity index (χ4n) is 1.36. The van der Waals surface area contributed by atoms with Gasteiger partial charge in [0.2, 0.25) is 0 Å². The molecule has 0 unspecified atom stereocenters. The number of rotatable bonds is 6. The third-order valence-corrected chi connectivity index (χ3v) is 2.47. The molecule has 0 amide bonds. The molecule has 0 radical (unpaired) electrons. The quantitative estimate of drug-likeness (QED) is 0.617. The average molecular weight is 200 g/mol. The van der Waals surface area contributed by atoms with Gasteiger partial charge in [-0.3, -0.25) is 4.79 Å². The molecule has 3 heteroatoms. The van der Waals surface area contributed by atoms with E-state index in [1.807, 2.05) is 0 Å². The summed E-state index contributed by atoms with van der Waals surface area (Å²) in [5.41, 5.74) is 0. The summed E-state index contributed by atoms with van der Waals surface area (Å²) in [5.74, 6) is 0.660. The van der Waals surface area contributed by atoms with E-state index in [0.717, 1.165) is 6.42 Å². The van der Waals surface area contributed by atoms with Gasteiger partial charge in [-0.25, -0.2) is 0 Å². The maximum Gasteiger partial charge on any atom is 0.305 e. The van der Waals surface area contributed by atoms with E-state index in [1.165, 1.54) is 7.11 Å². The highest BCUT2D eigenvalue weighted by Crippen LogP contribution is 2.21. The van der Waals surface area contributed by atoms with Crippen LogP contribution < -0.4 is 0 Å². The van der Waals surface area contributed by atoms with Crippen LogP contribution in [0.2, 0.25) is 0 Å². The molecule has 0 aliphatic carbocycles. The summed E-state index contributed by atoms with van der Waals surface area (Å²) in [6.45, 7) is 5.71. The second-order valence-corrected chi connectivity index (χ2v) is 4.03. The van der Waals surface area contributed by atoms with E-state index in [0.29, 0.717) is 18.8 Å². The Morgan fingerprint density at radius 2 is 1.86 bits per heavy atom. The topological polar surface area (TPSA) is 43.4 Å². The normalized spacial score (nSPS) is 12.6. The lowest BCUT2D eigenvalue weighted by Crippen LogP contribution is -2.16. The number of ketones is 1. The molecule has 0 bridgehead atoms. The molecule has 1 atom stereocenters. The molecule has 0 heterocycles. The molecule has 0 aliphatic rings. The van der Waals surface area contributed by atoms with Crippen LogP contribution in [-0.2, 0) is 14.3 Å². The van der Waals surface area contributed by atoms with Crippen LogP contribution >= 0.6 is 0 Å². The molecule has 82 valence electrons. The average Bonchev–Trinajstić information content (AvgIpc) is 2.10. The van der Waals surface area contributed by atoms with E-state index in [4.69, 9.17) is 0 Å². The summed E-state index contributed by atoms with van der Waals surface area (Å²) in [5, 5.41) is 0. The van der Waals surface area contributed by atoms with E-state index in [1.54, 1.807) is 6.92 Å². The lowest BCUT2D eigenvalue weighted by atomic mass is 9.88. The van der Waals surface area contributed by atoms with Gasteiger partial charge in [0.25, 0.3) is 0 Å². The molecule has 0 spiro atoms. The molecule has 3 nitrogen and oxygen atoms in total. The Labute approximate surface area is 85.8 Å². The van der Waals surface area contributed by atoms with Gasteiger partial charge in [-0.05, 0) is 25.2 Å². The van der Waals surface area contributed by atoms with Crippen molar-refractivity contribution in [1.29, 1.82) is 0 Å². The van der Waals surface area contributed by atoms with Gasteiger partial charge in [0.1, 0.15) is 5.78 Å². The Balaban J connectivity index is 4.02. The zero-order valence-corrected chi connectivity index (χ0v) is 9.50. The lowest BCUT2D eigenvalue weighted by Gasteiger charge is -2.18. The number of esters is 1. The smallest absolute Gasteiger partial charge is 0.305 e. The molecule has 0 rings (SSSR count). The summed E-state index contributed by atoms with van der Waals surface area (Å²) >= 11 is 0. The minimum Gasteiger partial charge on any atom is -0.469 e. The predicted octanol–water partition coefficient (Wildman–Crippen LogP) is 2.19. The Bertz CT molecular complexity index is 197. The molecule has 0 aromatic heterocycles. The number of hydrogen-bond acceptors (Lipinski definition) is 3. The van der Waals surface area contributed by atoms with Crippen LogP contribution in [0.1, 0.15) is 40.0 Å². The number of methoxy groups -OCH3 is 1. The largest absolute Gasteiger partial charge is 0.469 e. The molecule has 0 fully saturated rings. The molecular formula is C11H20O3. The van der Waals surface area contributed by atoms with Crippen molar-refractivity contribution in [1.82, 2.24) is 0 Å². The summed E-state index contributed by atoms with van der Waals surface area (Å²) in [4.78, 5) is 21.9. The van der Waals surface area contributed by atoms with Gasteiger partial charge in [-0.2, -0.15) is 0 Å². The summed E-state index contributed by atoms with van der Waals surface area (Å²) in [6, 6.07) is 0. The number of carbonyl (C=O) groups excluding carboxylic acids is 2. The predicted molar refractivity (Wildman–Crippen MR) is 54.9 cm³/mol. The lowest BCUT2D eigenvalue weighted by molar-refractivity contribution is -0.142. The Morgan fingerprint density at radius 3 is 2.21 bits per heavy atom. The molecule has 0 saturated carbocycles. The van der Waals surface area contributed by atoms with Gasteiger partial charge in [0.15, 0.2) is 0 Å². The van der Waals surface area contributed by atoms with Gasteiger partial charge >= 0.3 is 5.97 Å². The number of carbonyl (C=O) groups is 2. The van der Waals surface area contributed by atoms with E-state index < -0.39 is 0 Å². The van der Waals surface area contributed by atoms with Gasteiger partial charge in [-0.15, -0.1) is 0 Å². The van der Waals surface area contributed by atoms with Crippen LogP contribution in [0.4, 0.5) is 0 Å². The van der Waals surface area contributed by atoms with E-state index in [9.17, 15) is 9.59 Å². The maximum absolute atomic E-state index is 11.1. The third-order valence-electron chi connectivity index (χ3n) is 2.47. The summed E-state index contributed by atoms with van der Waals surface area (Å²) in [6.07, 6.45) is 1.75. The maximum atomic E-state index is 11.1. The minimum atomic E-state index is -0.188. The van der Waals surface area contributed by atoms with Crippen LogP contribution in [0, 0.1) is 11.8 Å². The zero-order chi connectivity index (χ0) is 11.1. The van der Waals surface area contributed by atoms with Gasteiger partial charge in [0.05, 0.1) is 7.11 Å². The van der Waals surface area contributed by atoms with Crippen molar-refractivity contribution in [3.8, 4) is 0 Å². The van der Waals surface area contributed by atoms with Gasteiger partial charge in [0, 0.05) is 12.8 Å². The van der Waals surface area contributed by atoms with Crippen LogP contribution in [-0.4, -0.2) is 18.9 Å². The van der Waals surface area contributed by atoms with Crippen molar-refractivity contribution >= 4 is 11.8 Å². The first-order valence-electron chi connectivity index (χ1n) is 5.03. The van der Waals surface area contributed by atoms with Gasteiger partial charge < -0.3 is 9.53 Å². The first-order valence-corrected chi connectivity index (χ1v) is 5.03. The fraction of sp³-hybridized carbons (Fsp3) is 0.818.